The predicted octanol–water partition coefficient (Wildman–Crippen LogP) is 2.51. The van der Waals surface area contributed by atoms with E-state index in [9.17, 15) is 4.39 Å². The highest BCUT2D eigenvalue weighted by atomic mass is 19.1. The molecule has 0 aliphatic carbocycles. The van der Waals surface area contributed by atoms with E-state index in [-0.39, 0.29) is 17.6 Å². The molecule has 0 spiro atoms. The van der Waals surface area contributed by atoms with E-state index in [1.54, 1.807) is 6.07 Å². The van der Waals surface area contributed by atoms with Crippen molar-refractivity contribution in [1.29, 1.82) is 0 Å². The summed E-state index contributed by atoms with van der Waals surface area (Å²) in [5.41, 5.74) is 0.885. The number of methoxy groups -OCH3 is 1. The van der Waals surface area contributed by atoms with Crippen molar-refractivity contribution in [3.05, 3.63) is 29.6 Å². The summed E-state index contributed by atoms with van der Waals surface area (Å²) in [6.07, 6.45) is 6.67. The van der Waals surface area contributed by atoms with Gasteiger partial charge in [0.25, 0.3) is 0 Å². The maximum atomic E-state index is 13.5. The van der Waals surface area contributed by atoms with Crippen LogP contribution in [0.1, 0.15) is 24.4 Å². The third-order valence-corrected chi connectivity index (χ3v) is 2.50. The maximum Gasteiger partial charge on any atom is 0.165 e. The van der Waals surface area contributed by atoms with E-state index in [1.807, 2.05) is 13.1 Å². The van der Waals surface area contributed by atoms with Crippen LogP contribution in [0.25, 0.3) is 0 Å². The molecule has 0 saturated carbocycles. The van der Waals surface area contributed by atoms with Crippen molar-refractivity contribution in [3.63, 3.8) is 0 Å². The van der Waals surface area contributed by atoms with Crippen molar-refractivity contribution >= 4 is 0 Å². The number of nitrogens with one attached hydrogen (secondary N) is 1. The molecular weight excluding hydrogens is 205 g/mol. The number of benzene rings is 1. The molecule has 1 aromatic carbocycles. The first-order valence-electron chi connectivity index (χ1n) is 5.17. The van der Waals surface area contributed by atoms with Gasteiger partial charge in [0.05, 0.1) is 7.11 Å². The molecule has 1 unspecified atom stereocenters. The molecule has 0 heterocycles. The number of hydrogen-bond donors (Lipinski definition) is 1. The molecule has 0 fully saturated rings. The third kappa shape index (κ3) is 2.98. The third-order valence-electron chi connectivity index (χ3n) is 2.50. The van der Waals surface area contributed by atoms with Gasteiger partial charge >= 0.3 is 0 Å². The van der Waals surface area contributed by atoms with Crippen LogP contribution in [-0.2, 0) is 0 Å². The molecule has 1 aromatic rings. The molecule has 1 rings (SSSR count). The molecule has 1 atom stereocenters. The Hall–Kier alpha value is -1.53. The molecule has 0 aliphatic rings. The lowest BCUT2D eigenvalue weighted by Crippen LogP contribution is -2.16. The fraction of sp³-hybridized carbons (Fsp3) is 0.385. The van der Waals surface area contributed by atoms with Crippen molar-refractivity contribution < 1.29 is 9.13 Å². The molecule has 0 saturated heterocycles. The second-order valence-corrected chi connectivity index (χ2v) is 3.48. The Balaban J connectivity index is 2.85. The van der Waals surface area contributed by atoms with Crippen molar-refractivity contribution in [1.82, 2.24) is 5.32 Å². The Morgan fingerprint density at radius 3 is 2.81 bits per heavy atom. The topological polar surface area (TPSA) is 21.3 Å². The Kier molecular flexibility index (Phi) is 4.81. The Morgan fingerprint density at radius 1 is 1.56 bits per heavy atom. The molecule has 0 aliphatic heterocycles. The standard InChI is InChI=1S/C13H16FNO/c1-4-5-6-12(15-2)10-7-8-13(16-3)11(14)9-10/h1,7-9,12,15H,5-6H2,2-3H3. The van der Waals surface area contributed by atoms with Gasteiger partial charge in [-0.1, -0.05) is 6.07 Å². The van der Waals surface area contributed by atoms with Crippen LogP contribution in [0.5, 0.6) is 5.75 Å². The molecule has 0 aromatic heterocycles. The summed E-state index contributed by atoms with van der Waals surface area (Å²) >= 11 is 0. The van der Waals surface area contributed by atoms with Crippen LogP contribution in [0.15, 0.2) is 18.2 Å². The number of halogens is 1. The monoisotopic (exact) mass is 221 g/mol. The van der Waals surface area contributed by atoms with Crippen LogP contribution < -0.4 is 10.1 Å². The largest absolute Gasteiger partial charge is 0.494 e. The van der Waals surface area contributed by atoms with Gasteiger partial charge in [0.2, 0.25) is 0 Å². The summed E-state index contributed by atoms with van der Waals surface area (Å²) in [6.45, 7) is 0. The summed E-state index contributed by atoms with van der Waals surface area (Å²) in [6, 6.07) is 5.04. The maximum absolute atomic E-state index is 13.5. The van der Waals surface area contributed by atoms with E-state index < -0.39 is 0 Å². The molecule has 0 bridgehead atoms. The first kappa shape index (κ1) is 12.5. The predicted molar refractivity (Wildman–Crippen MR) is 62.8 cm³/mol. The second-order valence-electron chi connectivity index (χ2n) is 3.48. The van der Waals surface area contributed by atoms with Crippen LogP contribution in [-0.4, -0.2) is 14.2 Å². The van der Waals surface area contributed by atoms with E-state index in [1.165, 1.54) is 13.2 Å². The van der Waals surface area contributed by atoms with Gasteiger partial charge in [-0.05, 0) is 31.2 Å². The van der Waals surface area contributed by atoms with Gasteiger partial charge in [0.15, 0.2) is 11.6 Å². The number of ether oxygens (including phenoxy) is 1. The molecule has 2 nitrogen and oxygen atoms in total. The second kappa shape index (κ2) is 6.14. The van der Waals surface area contributed by atoms with Crippen molar-refractivity contribution in [3.8, 4) is 18.1 Å². The van der Waals surface area contributed by atoms with E-state index in [0.29, 0.717) is 6.42 Å². The highest BCUT2D eigenvalue weighted by Crippen LogP contribution is 2.24. The Morgan fingerprint density at radius 2 is 2.31 bits per heavy atom. The molecular formula is C13H16FNO. The van der Waals surface area contributed by atoms with Gasteiger partial charge in [0.1, 0.15) is 0 Å². The molecule has 0 radical (unpaired) electrons. The average molecular weight is 221 g/mol. The first-order chi connectivity index (χ1) is 7.72. The van der Waals surface area contributed by atoms with Crippen LogP contribution in [0.3, 0.4) is 0 Å². The molecule has 1 N–H and O–H groups in total. The van der Waals surface area contributed by atoms with E-state index in [4.69, 9.17) is 11.2 Å². The van der Waals surface area contributed by atoms with Crippen molar-refractivity contribution in [2.45, 2.75) is 18.9 Å². The average Bonchev–Trinajstić information content (AvgIpc) is 2.30. The van der Waals surface area contributed by atoms with E-state index >= 15 is 0 Å². The zero-order valence-corrected chi connectivity index (χ0v) is 9.59. The lowest BCUT2D eigenvalue weighted by molar-refractivity contribution is 0.385. The van der Waals surface area contributed by atoms with E-state index in [2.05, 4.69) is 11.2 Å². The fourth-order valence-electron chi connectivity index (χ4n) is 1.60. The van der Waals surface area contributed by atoms with E-state index in [0.717, 1.165) is 12.0 Å². The lowest BCUT2D eigenvalue weighted by Gasteiger charge is -2.16. The minimum Gasteiger partial charge on any atom is -0.494 e. The van der Waals surface area contributed by atoms with Crippen LogP contribution in [0.4, 0.5) is 4.39 Å². The summed E-state index contributed by atoms with van der Waals surface area (Å²) in [5, 5.41) is 3.11. The summed E-state index contributed by atoms with van der Waals surface area (Å²) in [7, 11) is 3.29. The number of hydrogen-bond acceptors (Lipinski definition) is 2. The number of rotatable bonds is 5. The SMILES string of the molecule is C#CCCC(NC)c1ccc(OC)c(F)c1. The van der Waals surface area contributed by atoms with Crippen molar-refractivity contribution in [2.75, 3.05) is 14.2 Å². The zero-order valence-electron chi connectivity index (χ0n) is 9.59. The Labute approximate surface area is 95.8 Å². The summed E-state index contributed by atoms with van der Waals surface area (Å²) in [4.78, 5) is 0. The van der Waals surface area contributed by atoms with Gasteiger partial charge < -0.3 is 10.1 Å². The molecule has 16 heavy (non-hydrogen) atoms. The minimum atomic E-state index is -0.346. The van der Waals surface area contributed by atoms with Crippen LogP contribution in [0, 0.1) is 18.2 Å². The van der Waals surface area contributed by atoms with Gasteiger partial charge in [0, 0.05) is 12.5 Å². The summed E-state index contributed by atoms with van der Waals surface area (Å²) in [5.74, 6) is 2.49. The zero-order chi connectivity index (χ0) is 12.0. The minimum absolute atomic E-state index is 0.0801. The fourth-order valence-corrected chi connectivity index (χ4v) is 1.60. The van der Waals surface area contributed by atoms with Gasteiger partial charge in [-0.3, -0.25) is 0 Å². The highest BCUT2D eigenvalue weighted by Gasteiger charge is 2.11. The first-order valence-corrected chi connectivity index (χ1v) is 5.17. The molecule has 0 amide bonds. The van der Waals surface area contributed by atoms with Crippen LogP contribution >= 0.6 is 0 Å². The van der Waals surface area contributed by atoms with Gasteiger partial charge in [-0.25, -0.2) is 4.39 Å². The highest BCUT2D eigenvalue weighted by molar-refractivity contribution is 5.31. The normalized spacial score (nSPS) is 11.9. The van der Waals surface area contributed by atoms with Gasteiger partial charge in [-0.15, -0.1) is 12.3 Å². The molecule has 3 heteroatoms. The van der Waals surface area contributed by atoms with Crippen molar-refractivity contribution in [2.24, 2.45) is 0 Å². The summed E-state index contributed by atoms with van der Waals surface area (Å²) < 4.78 is 18.3. The number of terminal acetylenes is 1. The van der Waals surface area contributed by atoms with Crippen LogP contribution in [0.2, 0.25) is 0 Å². The molecule has 86 valence electrons. The quantitative estimate of drug-likeness (QED) is 0.771. The Bertz CT molecular complexity index is 384. The lowest BCUT2D eigenvalue weighted by atomic mass is 10.0. The smallest absolute Gasteiger partial charge is 0.165 e. The van der Waals surface area contributed by atoms with Gasteiger partial charge in [-0.2, -0.15) is 0 Å².